The number of hydrogen-bond acceptors (Lipinski definition) is 3. The number of piperidine rings is 1. The number of carbonyl (C=O) groups is 1. The molecule has 0 radical (unpaired) electrons. The molecule has 1 fully saturated rings. The lowest BCUT2D eigenvalue weighted by Gasteiger charge is -2.24. The Hall–Kier alpha value is -1.92. The first-order valence-electron chi connectivity index (χ1n) is 8.41. The quantitative estimate of drug-likeness (QED) is 0.874. The number of nitrogens with zero attached hydrogens (tertiary/aromatic N) is 2. The van der Waals surface area contributed by atoms with Crippen LogP contribution in [0.1, 0.15) is 48.7 Å². The predicted molar refractivity (Wildman–Crippen MR) is 98.2 cm³/mol. The maximum Gasteiger partial charge on any atom is 0.255 e. The monoisotopic (exact) mass is 366 g/mol. The number of hydrogen-bond donors (Lipinski definition) is 2. The van der Waals surface area contributed by atoms with Crippen LogP contribution in [0.5, 0.6) is 0 Å². The van der Waals surface area contributed by atoms with Crippen molar-refractivity contribution in [1.29, 1.82) is 0 Å². The van der Waals surface area contributed by atoms with E-state index < -0.39 is 0 Å². The Kier molecular flexibility index (Phi) is 6.56. The standard InChI is InChI=1S/C18H23FN4O.ClH/c1-12(2)17-16(18(24)22-14-4-3-9-20-10-14)11-21-23(17)15-7-5-13(19)6-8-15;/h5-8,11-12,14,20H,3-4,9-10H2,1-2H3,(H,22,24);1H. The van der Waals surface area contributed by atoms with Crippen LogP contribution in [-0.2, 0) is 0 Å². The van der Waals surface area contributed by atoms with Gasteiger partial charge in [0.1, 0.15) is 5.82 Å². The molecule has 25 heavy (non-hydrogen) atoms. The Morgan fingerprint density at radius 1 is 1.36 bits per heavy atom. The van der Waals surface area contributed by atoms with Crippen LogP contribution in [0, 0.1) is 5.82 Å². The van der Waals surface area contributed by atoms with Crippen LogP contribution in [-0.4, -0.2) is 34.8 Å². The van der Waals surface area contributed by atoms with Gasteiger partial charge in [0.05, 0.1) is 23.1 Å². The van der Waals surface area contributed by atoms with Gasteiger partial charge in [0.15, 0.2) is 0 Å². The molecule has 1 aliphatic heterocycles. The molecule has 7 heteroatoms. The van der Waals surface area contributed by atoms with Gasteiger partial charge < -0.3 is 10.6 Å². The third kappa shape index (κ3) is 4.38. The summed E-state index contributed by atoms with van der Waals surface area (Å²) in [6.45, 7) is 5.85. The lowest BCUT2D eigenvalue weighted by molar-refractivity contribution is 0.0929. The van der Waals surface area contributed by atoms with E-state index in [1.54, 1.807) is 23.0 Å². The Morgan fingerprint density at radius 3 is 2.68 bits per heavy atom. The molecule has 1 saturated heterocycles. The van der Waals surface area contributed by atoms with Crippen molar-refractivity contribution in [3.05, 3.63) is 47.5 Å². The molecule has 3 rings (SSSR count). The maximum atomic E-state index is 13.2. The van der Waals surface area contributed by atoms with Crippen molar-refractivity contribution in [1.82, 2.24) is 20.4 Å². The molecule has 2 heterocycles. The molecule has 0 spiro atoms. The molecule has 1 aliphatic rings. The summed E-state index contributed by atoms with van der Waals surface area (Å²) >= 11 is 0. The summed E-state index contributed by atoms with van der Waals surface area (Å²) in [5, 5.41) is 10.8. The van der Waals surface area contributed by atoms with Gasteiger partial charge in [-0.15, -0.1) is 12.4 Å². The van der Waals surface area contributed by atoms with Crippen molar-refractivity contribution in [3.63, 3.8) is 0 Å². The van der Waals surface area contributed by atoms with Gasteiger partial charge in [-0.2, -0.15) is 5.10 Å². The van der Waals surface area contributed by atoms with Crippen LogP contribution >= 0.6 is 12.4 Å². The van der Waals surface area contributed by atoms with E-state index in [0.29, 0.717) is 5.56 Å². The van der Waals surface area contributed by atoms with E-state index in [0.717, 1.165) is 37.3 Å². The number of amides is 1. The van der Waals surface area contributed by atoms with Gasteiger partial charge in [-0.25, -0.2) is 9.07 Å². The van der Waals surface area contributed by atoms with E-state index >= 15 is 0 Å². The predicted octanol–water partition coefficient (Wildman–Crippen LogP) is 3.04. The highest BCUT2D eigenvalue weighted by atomic mass is 35.5. The van der Waals surface area contributed by atoms with Crippen LogP contribution in [0.2, 0.25) is 0 Å². The number of nitrogens with one attached hydrogen (secondary N) is 2. The molecule has 1 aromatic heterocycles. The average molecular weight is 367 g/mol. The van der Waals surface area contributed by atoms with E-state index in [1.807, 2.05) is 13.8 Å². The lowest BCUT2D eigenvalue weighted by Crippen LogP contribution is -2.45. The van der Waals surface area contributed by atoms with Gasteiger partial charge in [-0.3, -0.25) is 4.79 Å². The topological polar surface area (TPSA) is 59.0 Å². The van der Waals surface area contributed by atoms with Gasteiger partial charge in [0.2, 0.25) is 0 Å². The first kappa shape index (κ1) is 19.4. The minimum absolute atomic E-state index is 0. The molecular weight excluding hydrogens is 343 g/mol. The molecule has 2 N–H and O–H groups in total. The Balaban J connectivity index is 0.00000225. The molecule has 0 saturated carbocycles. The van der Waals surface area contributed by atoms with E-state index in [-0.39, 0.29) is 36.1 Å². The summed E-state index contributed by atoms with van der Waals surface area (Å²) < 4.78 is 14.9. The summed E-state index contributed by atoms with van der Waals surface area (Å²) in [4.78, 5) is 12.7. The fourth-order valence-electron chi connectivity index (χ4n) is 3.11. The number of rotatable bonds is 4. The second kappa shape index (κ2) is 8.45. The zero-order valence-electron chi connectivity index (χ0n) is 14.5. The van der Waals surface area contributed by atoms with Crippen molar-refractivity contribution < 1.29 is 9.18 Å². The third-order valence-corrected chi connectivity index (χ3v) is 4.30. The van der Waals surface area contributed by atoms with Crippen LogP contribution in [0.4, 0.5) is 4.39 Å². The molecule has 1 aromatic carbocycles. The minimum Gasteiger partial charge on any atom is -0.348 e. The van der Waals surface area contributed by atoms with Crippen LogP contribution in [0.15, 0.2) is 30.5 Å². The van der Waals surface area contributed by atoms with Gasteiger partial charge in [-0.05, 0) is 49.6 Å². The SMILES string of the molecule is CC(C)c1c(C(=O)NC2CCCNC2)cnn1-c1ccc(F)cc1.Cl. The van der Waals surface area contributed by atoms with Crippen molar-refractivity contribution in [2.45, 2.75) is 38.6 Å². The van der Waals surface area contributed by atoms with E-state index in [1.165, 1.54) is 12.1 Å². The summed E-state index contributed by atoms with van der Waals surface area (Å²) in [6.07, 6.45) is 3.66. The average Bonchev–Trinajstić information content (AvgIpc) is 3.02. The van der Waals surface area contributed by atoms with Crippen molar-refractivity contribution in [3.8, 4) is 5.69 Å². The molecule has 136 valence electrons. The first-order valence-corrected chi connectivity index (χ1v) is 8.41. The zero-order chi connectivity index (χ0) is 17.1. The maximum absolute atomic E-state index is 13.2. The van der Waals surface area contributed by atoms with Crippen molar-refractivity contribution in [2.75, 3.05) is 13.1 Å². The van der Waals surface area contributed by atoms with Gasteiger partial charge in [-0.1, -0.05) is 13.8 Å². The van der Waals surface area contributed by atoms with Crippen LogP contribution in [0.25, 0.3) is 5.69 Å². The molecule has 5 nitrogen and oxygen atoms in total. The summed E-state index contributed by atoms with van der Waals surface area (Å²) in [7, 11) is 0. The van der Waals surface area contributed by atoms with Crippen molar-refractivity contribution in [2.24, 2.45) is 0 Å². The van der Waals surface area contributed by atoms with Crippen LogP contribution in [0.3, 0.4) is 0 Å². The van der Waals surface area contributed by atoms with Crippen LogP contribution < -0.4 is 10.6 Å². The molecular formula is C18H24ClFN4O. The largest absolute Gasteiger partial charge is 0.348 e. The smallest absolute Gasteiger partial charge is 0.255 e. The minimum atomic E-state index is -0.292. The highest BCUT2D eigenvalue weighted by molar-refractivity contribution is 5.95. The number of benzene rings is 1. The molecule has 2 aromatic rings. The summed E-state index contributed by atoms with van der Waals surface area (Å²) in [6, 6.07) is 6.28. The van der Waals surface area contributed by atoms with E-state index in [2.05, 4.69) is 15.7 Å². The summed E-state index contributed by atoms with van der Waals surface area (Å²) in [5.74, 6) is -0.275. The fraction of sp³-hybridized carbons (Fsp3) is 0.444. The molecule has 1 unspecified atom stereocenters. The Morgan fingerprint density at radius 2 is 2.08 bits per heavy atom. The van der Waals surface area contributed by atoms with E-state index in [4.69, 9.17) is 0 Å². The second-order valence-electron chi connectivity index (χ2n) is 6.50. The number of aromatic nitrogens is 2. The number of halogens is 2. The third-order valence-electron chi connectivity index (χ3n) is 4.30. The van der Waals surface area contributed by atoms with Crippen molar-refractivity contribution >= 4 is 18.3 Å². The van der Waals surface area contributed by atoms with E-state index in [9.17, 15) is 9.18 Å². The zero-order valence-corrected chi connectivity index (χ0v) is 15.3. The highest BCUT2D eigenvalue weighted by Crippen LogP contribution is 2.23. The van der Waals surface area contributed by atoms with Gasteiger partial charge >= 0.3 is 0 Å². The second-order valence-corrected chi connectivity index (χ2v) is 6.50. The fourth-order valence-corrected chi connectivity index (χ4v) is 3.11. The summed E-state index contributed by atoms with van der Waals surface area (Å²) in [5.41, 5.74) is 2.17. The Labute approximate surface area is 153 Å². The molecule has 1 atom stereocenters. The lowest BCUT2D eigenvalue weighted by atomic mass is 10.0. The van der Waals surface area contributed by atoms with Gasteiger partial charge in [0, 0.05) is 12.6 Å². The normalized spacial score (nSPS) is 17.2. The Bertz CT molecular complexity index is 708. The highest BCUT2D eigenvalue weighted by Gasteiger charge is 2.23. The number of carbonyl (C=O) groups excluding carboxylic acids is 1. The molecule has 0 aliphatic carbocycles. The van der Waals surface area contributed by atoms with Gasteiger partial charge in [0.25, 0.3) is 5.91 Å². The molecule has 0 bridgehead atoms. The first-order chi connectivity index (χ1) is 11.6. The molecule has 1 amide bonds.